The van der Waals surface area contributed by atoms with Gasteiger partial charge in [0.05, 0.1) is 12.2 Å². The van der Waals surface area contributed by atoms with Gasteiger partial charge in [-0.2, -0.15) is 5.10 Å². The molecule has 2 rings (SSSR count). The van der Waals surface area contributed by atoms with Gasteiger partial charge < -0.3 is 11.1 Å². The van der Waals surface area contributed by atoms with Gasteiger partial charge in [0.2, 0.25) is 5.91 Å². The molecule has 110 valence electrons. The fourth-order valence-corrected chi connectivity index (χ4v) is 2.18. The Bertz CT molecular complexity index is 680. The Morgan fingerprint density at radius 2 is 2.10 bits per heavy atom. The number of hydrogen-bond acceptors (Lipinski definition) is 4. The van der Waals surface area contributed by atoms with E-state index in [0.29, 0.717) is 30.0 Å². The number of nitrogens with one attached hydrogen (secondary N) is 1. The predicted octanol–water partition coefficient (Wildman–Crippen LogP) is 1.56. The molecule has 0 aliphatic heterocycles. The third kappa shape index (κ3) is 3.85. The van der Waals surface area contributed by atoms with E-state index in [1.807, 2.05) is 26.0 Å². The molecule has 0 saturated heterocycles. The number of aryl methyl sites for hydroxylation is 3. The molecule has 0 saturated carbocycles. The highest BCUT2D eigenvalue weighted by Crippen LogP contribution is 2.15. The zero-order valence-corrected chi connectivity index (χ0v) is 12.8. The largest absolute Gasteiger partial charge is 0.389 e. The number of nitrogens with two attached hydrogens (primary N) is 1. The lowest BCUT2D eigenvalue weighted by Gasteiger charge is -2.10. The Labute approximate surface area is 128 Å². The molecule has 1 amide bonds. The van der Waals surface area contributed by atoms with Crippen LogP contribution >= 0.6 is 12.2 Å². The van der Waals surface area contributed by atoms with E-state index < -0.39 is 0 Å². The zero-order chi connectivity index (χ0) is 15.4. The Kier molecular flexibility index (Phi) is 4.64. The molecule has 0 spiro atoms. The summed E-state index contributed by atoms with van der Waals surface area (Å²) in [6.07, 6.45) is 0.301. The van der Waals surface area contributed by atoms with Gasteiger partial charge in [-0.25, -0.2) is 9.67 Å². The number of para-hydroxylation sites is 1. The molecule has 21 heavy (non-hydrogen) atoms. The molecule has 0 fully saturated rings. The maximum absolute atomic E-state index is 12.0. The van der Waals surface area contributed by atoms with Crippen LogP contribution in [-0.4, -0.2) is 25.7 Å². The van der Waals surface area contributed by atoms with Crippen LogP contribution in [0.15, 0.2) is 24.3 Å². The van der Waals surface area contributed by atoms with E-state index in [4.69, 9.17) is 18.0 Å². The first-order chi connectivity index (χ1) is 9.97. The predicted molar refractivity (Wildman–Crippen MR) is 85.1 cm³/mol. The average molecular weight is 303 g/mol. The van der Waals surface area contributed by atoms with Crippen molar-refractivity contribution in [2.45, 2.75) is 26.8 Å². The van der Waals surface area contributed by atoms with Crippen molar-refractivity contribution in [2.75, 3.05) is 5.32 Å². The lowest BCUT2D eigenvalue weighted by molar-refractivity contribution is -0.116. The molecule has 0 aliphatic carbocycles. The smallest absolute Gasteiger partial charge is 0.226 e. The van der Waals surface area contributed by atoms with E-state index in [2.05, 4.69) is 15.4 Å². The van der Waals surface area contributed by atoms with Gasteiger partial charge in [0.1, 0.15) is 16.6 Å². The summed E-state index contributed by atoms with van der Waals surface area (Å²) in [7, 11) is 0. The summed E-state index contributed by atoms with van der Waals surface area (Å²) in [6, 6.07) is 7.20. The van der Waals surface area contributed by atoms with Crippen LogP contribution in [0.3, 0.4) is 0 Å². The number of benzene rings is 1. The third-order valence-corrected chi connectivity index (χ3v) is 3.20. The maximum Gasteiger partial charge on any atom is 0.226 e. The highest BCUT2D eigenvalue weighted by atomic mass is 32.1. The van der Waals surface area contributed by atoms with Crippen molar-refractivity contribution in [3.8, 4) is 0 Å². The van der Waals surface area contributed by atoms with E-state index in [1.54, 1.807) is 16.8 Å². The highest BCUT2D eigenvalue weighted by Gasteiger charge is 2.09. The molecule has 0 aliphatic rings. The summed E-state index contributed by atoms with van der Waals surface area (Å²) in [4.78, 5) is 16.5. The van der Waals surface area contributed by atoms with Crippen molar-refractivity contribution in [1.29, 1.82) is 0 Å². The van der Waals surface area contributed by atoms with Gasteiger partial charge in [-0.3, -0.25) is 4.79 Å². The van der Waals surface area contributed by atoms with Gasteiger partial charge in [-0.05, 0) is 26.0 Å². The number of amides is 1. The van der Waals surface area contributed by atoms with Gasteiger partial charge in [-0.15, -0.1) is 0 Å². The van der Waals surface area contributed by atoms with Crippen LogP contribution in [0.25, 0.3) is 0 Å². The number of carbonyl (C=O) groups is 1. The van der Waals surface area contributed by atoms with E-state index in [9.17, 15) is 4.79 Å². The molecule has 1 heterocycles. The van der Waals surface area contributed by atoms with Crippen molar-refractivity contribution in [2.24, 2.45) is 5.73 Å². The Hall–Kier alpha value is -2.28. The van der Waals surface area contributed by atoms with Gasteiger partial charge in [-0.1, -0.05) is 24.4 Å². The fourth-order valence-electron chi connectivity index (χ4n) is 2.00. The summed E-state index contributed by atoms with van der Waals surface area (Å²) in [5, 5.41) is 7.04. The summed E-state index contributed by atoms with van der Waals surface area (Å²) >= 11 is 4.97. The molecular formula is C14H17N5OS. The molecule has 1 aromatic carbocycles. The fraction of sp³-hybridized carbons (Fsp3) is 0.286. The molecule has 0 atom stereocenters. The molecular weight excluding hydrogens is 286 g/mol. The molecule has 0 unspecified atom stereocenters. The normalized spacial score (nSPS) is 10.4. The number of aromatic nitrogens is 3. The van der Waals surface area contributed by atoms with Crippen LogP contribution in [0, 0.1) is 13.8 Å². The van der Waals surface area contributed by atoms with Crippen LogP contribution in [0.2, 0.25) is 0 Å². The number of rotatable bonds is 5. The van der Waals surface area contributed by atoms with Gasteiger partial charge in [0.15, 0.2) is 0 Å². The first-order valence-electron chi connectivity index (χ1n) is 6.54. The first-order valence-corrected chi connectivity index (χ1v) is 6.95. The molecule has 7 heteroatoms. The van der Waals surface area contributed by atoms with Gasteiger partial charge in [0, 0.05) is 12.0 Å². The van der Waals surface area contributed by atoms with Crippen LogP contribution in [-0.2, 0) is 11.3 Å². The minimum atomic E-state index is -0.119. The van der Waals surface area contributed by atoms with Gasteiger partial charge >= 0.3 is 0 Å². The second-order valence-corrected chi connectivity index (χ2v) is 5.08. The van der Waals surface area contributed by atoms with Crippen LogP contribution in [0.5, 0.6) is 0 Å². The van der Waals surface area contributed by atoms with Crippen molar-refractivity contribution < 1.29 is 4.79 Å². The highest BCUT2D eigenvalue weighted by molar-refractivity contribution is 7.80. The van der Waals surface area contributed by atoms with Crippen molar-refractivity contribution in [3.63, 3.8) is 0 Å². The SMILES string of the molecule is Cc1nc(C)n(CCC(=O)Nc2ccccc2C(N)=S)n1. The van der Waals surface area contributed by atoms with Crippen LogP contribution < -0.4 is 11.1 Å². The van der Waals surface area contributed by atoms with Crippen molar-refractivity contribution in [3.05, 3.63) is 41.5 Å². The number of carbonyl (C=O) groups excluding carboxylic acids is 1. The maximum atomic E-state index is 12.0. The summed E-state index contributed by atoms with van der Waals surface area (Å²) in [5.74, 6) is 1.38. The Balaban J connectivity index is 1.99. The summed E-state index contributed by atoms with van der Waals surface area (Å²) < 4.78 is 1.72. The quantitative estimate of drug-likeness (QED) is 0.819. The minimum Gasteiger partial charge on any atom is -0.389 e. The van der Waals surface area contributed by atoms with E-state index >= 15 is 0 Å². The van der Waals surface area contributed by atoms with Crippen molar-refractivity contribution in [1.82, 2.24) is 14.8 Å². The molecule has 0 radical (unpaired) electrons. The number of thiocarbonyl (C=S) groups is 1. The van der Waals surface area contributed by atoms with E-state index in [0.717, 1.165) is 5.82 Å². The topological polar surface area (TPSA) is 85.8 Å². The van der Waals surface area contributed by atoms with E-state index in [1.165, 1.54) is 0 Å². The lowest BCUT2D eigenvalue weighted by atomic mass is 10.1. The minimum absolute atomic E-state index is 0.119. The molecule has 3 N–H and O–H groups in total. The van der Waals surface area contributed by atoms with Crippen LogP contribution in [0.1, 0.15) is 23.6 Å². The van der Waals surface area contributed by atoms with Crippen LogP contribution in [0.4, 0.5) is 5.69 Å². The Morgan fingerprint density at radius 1 is 1.38 bits per heavy atom. The number of hydrogen-bond donors (Lipinski definition) is 2. The average Bonchev–Trinajstić information content (AvgIpc) is 2.75. The molecule has 1 aromatic heterocycles. The monoisotopic (exact) mass is 303 g/mol. The molecule has 2 aromatic rings. The van der Waals surface area contributed by atoms with Crippen molar-refractivity contribution >= 4 is 28.8 Å². The lowest BCUT2D eigenvalue weighted by Crippen LogP contribution is -2.19. The second-order valence-electron chi connectivity index (χ2n) is 4.64. The van der Waals surface area contributed by atoms with E-state index in [-0.39, 0.29) is 10.9 Å². The molecule has 0 bridgehead atoms. The first kappa shape index (κ1) is 15.1. The zero-order valence-electron chi connectivity index (χ0n) is 12.0. The summed E-state index contributed by atoms with van der Waals surface area (Å²) in [5.41, 5.74) is 6.92. The summed E-state index contributed by atoms with van der Waals surface area (Å²) in [6.45, 7) is 4.16. The number of anilines is 1. The second kappa shape index (κ2) is 6.45. The Morgan fingerprint density at radius 3 is 2.71 bits per heavy atom. The number of nitrogens with zero attached hydrogens (tertiary/aromatic N) is 3. The molecule has 6 nitrogen and oxygen atoms in total. The third-order valence-electron chi connectivity index (χ3n) is 2.98. The standard InChI is InChI=1S/C14H17N5OS/c1-9-16-10(2)19(18-9)8-7-13(20)17-12-6-4-3-5-11(12)14(15)21/h3-6H,7-8H2,1-2H3,(H2,15,21)(H,17,20). The van der Waals surface area contributed by atoms with Gasteiger partial charge in [0.25, 0.3) is 0 Å².